The lowest BCUT2D eigenvalue weighted by atomic mass is 10.0. The largest absolute Gasteiger partial charge is 0.480 e. The summed E-state index contributed by atoms with van der Waals surface area (Å²) in [6, 6.07) is 5.94. The van der Waals surface area contributed by atoms with Gasteiger partial charge >= 0.3 is 12.1 Å². The lowest BCUT2D eigenvalue weighted by molar-refractivity contribution is -0.141. The quantitative estimate of drug-likeness (QED) is 0.463. The van der Waals surface area contributed by atoms with Crippen LogP contribution >= 0.6 is 0 Å². The maximum absolute atomic E-state index is 12.8. The predicted octanol–water partition coefficient (Wildman–Crippen LogP) is 3.86. The number of fused-ring (bicyclic) bond motifs is 1. The predicted molar refractivity (Wildman–Crippen MR) is 123 cm³/mol. The normalized spacial score (nSPS) is 13.7. The number of carboxylic acid groups (broad SMARTS) is 1. The molecule has 0 spiro atoms. The third-order valence-corrected chi connectivity index (χ3v) is 5.34. The average molecular weight is 457 g/mol. The molecule has 0 amide bonds. The fraction of sp³-hybridized carbons (Fsp3) is 0.522. The molecular formula is C23H32N6O4. The van der Waals surface area contributed by atoms with Crippen LogP contribution in [0.4, 0.5) is 4.79 Å². The van der Waals surface area contributed by atoms with Gasteiger partial charge in [0.1, 0.15) is 5.60 Å². The molecule has 2 heterocycles. The maximum atomic E-state index is 12.8. The SMILES string of the molecule is CCCCC[C@@H](C(=O)O)n1nnnc1[C@@H](N)Cc1cn(C(=O)OC(C)(C)C)c2ccccc12. The summed E-state index contributed by atoms with van der Waals surface area (Å²) in [5.74, 6) is -0.693. The van der Waals surface area contributed by atoms with Crippen molar-refractivity contribution in [1.29, 1.82) is 0 Å². The molecular weight excluding hydrogens is 424 g/mol. The molecule has 0 aliphatic rings. The number of unbranched alkanes of at least 4 members (excludes halogenated alkanes) is 2. The Morgan fingerprint density at radius 3 is 2.61 bits per heavy atom. The third kappa shape index (κ3) is 5.75. The molecule has 0 saturated carbocycles. The number of aromatic nitrogens is 5. The Balaban J connectivity index is 1.89. The van der Waals surface area contributed by atoms with E-state index in [1.165, 1.54) is 9.25 Å². The van der Waals surface area contributed by atoms with Crippen LogP contribution in [-0.2, 0) is 16.0 Å². The number of carbonyl (C=O) groups excluding carboxylic acids is 1. The van der Waals surface area contributed by atoms with Gasteiger partial charge in [0.2, 0.25) is 0 Å². The number of nitrogens with two attached hydrogens (primary N) is 1. The van der Waals surface area contributed by atoms with Crippen molar-refractivity contribution in [2.24, 2.45) is 5.73 Å². The van der Waals surface area contributed by atoms with Crippen LogP contribution in [0.25, 0.3) is 10.9 Å². The highest BCUT2D eigenvalue weighted by molar-refractivity contribution is 5.92. The molecule has 0 radical (unpaired) electrons. The van der Waals surface area contributed by atoms with Crippen LogP contribution in [0.3, 0.4) is 0 Å². The van der Waals surface area contributed by atoms with Crippen molar-refractivity contribution in [1.82, 2.24) is 24.8 Å². The van der Waals surface area contributed by atoms with Crippen molar-refractivity contribution < 1.29 is 19.4 Å². The first-order valence-corrected chi connectivity index (χ1v) is 11.2. The van der Waals surface area contributed by atoms with Gasteiger partial charge in [0, 0.05) is 11.6 Å². The molecule has 0 aliphatic heterocycles. The molecule has 0 bridgehead atoms. The van der Waals surface area contributed by atoms with Crippen molar-refractivity contribution in [2.75, 3.05) is 0 Å². The second-order valence-electron chi connectivity index (χ2n) is 9.16. The van der Waals surface area contributed by atoms with Gasteiger partial charge in [0.05, 0.1) is 11.6 Å². The Labute approximate surface area is 192 Å². The molecule has 3 aromatic rings. The molecule has 3 rings (SSSR count). The number of ether oxygens (including phenoxy) is 1. The molecule has 178 valence electrons. The van der Waals surface area contributed by atoms with Gasteiger partial charge in [-0.05, 0) is 55.7 Å². The van der Waals surface area contributed by atoms with Gasteiger partial charge in [-0.1, -0.05) is 44.4 Å². The molecule has 1 aromatic carbocycles. The Morgan fingerprint density at radius 2 is 1.94 bits per heavy atom. The zero-order valence-corrected chi connectivity index (χ0v) is 19.6. The van der Waals surface area contributed by atoms with Crippen molar-refractivity contribution >= 4 is 23.0 Å². The van der Waals surface area contributed by atoms with E-state index in [9.17, 15) is 14.7 Å². The highest BCUT2D eigenvalue weighted by Gasteiger charge is 2.28. The first-order valence-electron chi connectivity index (χ1n) is 11.2. The number of hydrogen-bond acceptors (Lipinski definition) is 7. The minimum absolute atomic E-state index is 0.299. The molecule has 33 heavy (non-hydrogen) atoms. The van der Waals surface area contributed by atoms with Crippen LogP contribution in [0.5, 0.6) is 0 Å². The fourth-order valence-corrected chi connectivity index (χ4v) is 3.81. The monoisotopic (exact) mass is 456 g/mol. The van der Waals surface area contributed by atoms with E-state index < -0.39 is 29.7 Å². The average Bonchev–Trinajstić information content (AvgIpc) is 3.35. The van der Waals surface area contributed by atoms with Crippen LogP contribution in [0.15, 0.2) is 30.5 Å². The van der Waals surface area contributed by atoms with E-state index in [4.69, 9.17) is 10.5 Å². The van der Waals surface area contributed by atoms with Crippen LogP contribution in [0.1, 0.15) is 76.8 Å². The standard InChI is InChI=1S/C23H32N6O4/c1-5-6-7-12-19(21(30)31)29-20(25-26-27-29)17(24)13-15-14-28(22(32)33-23(2,3)4)18-11-9-8-10-16(15)18/h8-11,14,17,19H,5-7,12-13,24H2,1-4H3,(H,30,31)/t17-,19-/m0/s1. The molecule has 0 aliphatic carbocycles. The van der Waals surface area contributed by atoms with Crippen molar-refractivity contribution in [3.63, 3.8) is 0 Å². The van der Waals surface area contributed by atoms with Crippen molar-refractivity contribution in [3.05, 3.63) is 41.9 Å². The minimum Gasteiger partial charge on any atom is -0.480 e. The number of hydrogen-bond donors (Lipinski definition) is 2. The smallest absolute Gasteiger partial charge is 0.419 e. The number of aliphatic carboxylic acids is 1. The van der Waals surface area contributed by atoms with E-state index in [2.05, 4.69) is 22.4 Å². The Morgan fingerprint density at radius 1 is 1.21 bits per heavy atom. The minimum atomic E-state index is -0.992. The number of carbonyl (C=O) groups is 2. The highest BCUT2D eigenvalue weighted by atomic mass is 16.6. The zero-order chi connectivity index (χ0) is 24.2. The Kier molecular flexibility index (Phi) is 7.47. The molecule has 10 heteroatoms. The van der Waals surface area contributed by atoms with Gasteiger partial charge in [-0.2, -0.15) is 0 Å². The fourth-order valence-electron chi connectivity index (χ4n) is 3.81. The van der Waals surface area contributed by atoms with Gasteiger partial charge in [0.25, 0.3) is 0 Å². The first kappa shape index (κ1) is 24.4. The van der Waals surface area contributed by atoms with Crippen molar-refractivity contribution in [3.8, 4) is 0 Å². The second-order valence-corrected chi connectivity index (χ2v) is 9.16. The molecule has 2 aromatic heterocycles. The first-order chi connectivity index (χ1) is 15.6. The number of nitrogens with zero attached hydrogens (tertiary/aromatic N) is 5. The Bertz CT molecular complexity index is 1110. The zero-order valence-electron chi connectivity index (χ0n) is 19.6. The summed E-state index contributed by atoms with van der Waals surface area (Å²) in [5, 5.41) is 22.2. The van der Waals surface area contributed by atoms with E-state index in [1.54, 1.807) is 6.20 Å². The van der Waals surface area contributed by atoms with Gasteiger partial charge in [0.15, 0.2) is 11.9 Å². The van der Waals surface area contributed by atoms with Gasteiger partial charge in [-0.25, -0.2) is 14.3 Å². The number of benzene rings is 1. The number of rotatable bonds is 9. The summed E-state index contributed by atoms with van der Waals surface area (Å²) >= 11 is 0. The molecule has 3 N–H and O–H groups in total. The maximum Gasteiger partial charge on any atom is 0.419 e. The summed E-state index contributed by atoms with van der Waals surface area (Å²) in [6.45, 7) is 7.49. The van der Waals surface area contributed by atoms with Crippen LogP contribution < -0.4 is 5.73 Å². The third-order valence-electron chi connectivity index (χ3n) is 5.34. The summed E-state index contributed by atoms with van der Waals surface area (Å²) < 4.78 is 8.32. The van der Waals surface area contributed by atoms with E-state index in [0.29, 0.717) is 24.2 Å². The van der Waals surface area contributed by atoms with E-state index in [-0.39, 0.29) is 0 Å². The highest BCUT2D eigenvalue weighted by Crippen LogP contribution is 2.27. The van der Waals surface area contributed by atoms with Crippen LogP contribution in [0, 0.1) is 0 Å². The van der Waals surface area contributed by atoms with E-state index >= 15 is 0 Å². The summed E-state index contributed by atoms with van der Waals surface area (Å²) in [6.07, 6.45) is 4.64. The number of tetrazole rings is 1. The van der Waals surface area contributed by atoms with Crippen LogP contribution in [0.2, 0.25) is 0 Å². The Hall–Kier alpha value is -3.27. The topological polar surface area (TPSA) is 138 Å². The molecule has 0 unspecified atom stereocenters. The second kappa shape index (κ2) is 10.1. The molecule has 0 saturated heterocycles. The molecule has 2 atom stereocenters. The summed E-state index contributed by atoms with van der Waals surface area (Å²) in [5.41, 5.74) is 7.35. The van der Waals surface area contributed by atoms with Gasteiger partial charge in [-0.3, -0.25) is 4.57 Å². The lowest BCUT2D eigenvalue weighted by Crippen LogP contribution is -2.27. The van der Waals surface area contributed by atoms with Gasteiger partial charge in [-0.15, -0.1) is 5.10 Å². The van der Waals surface area contributed by atoms with E-state index in [0.717, 1.165) is 30.2 Å². The van der Waals surface area contributed by atoms with E-state index in [1.807, 2.05) is 45.0 Å². The molecule has 0 fully saturated rings. The van der Waals surface area contributed by atoms with Crippen molar-refractivity contribution in [2.45, 2.75) is 77.5 Å². The number of para-hydroxylation sites is 1. The van der Waals surface area contributed by atoms with Gasteiger partial charge < -0.3 is 15.6 Å². The lowest BCUT2D eigenvalue weighted by Gasteiger charge is -2.19. The summed E-state index contributed by atoms with van der Waals surface area (Å²) in [7, 11) is 0. The molecule has 10 nitrogen and oxygen atoms in total. The summed E-state index contributed by atoms with van der Waals surface area (Å²) in [4.78, 5) is 24.6. The number of carboxylic acids is 1. The van der Waals surface area contributed by atoms with Crippen LogP contribution in [-0.4, -0.2) is 47.5 Å².